The quantitative estimate of drug-likeness (QED) is 0.670. The van der Waals surface area contributed by atoms with Gasteiger partial charge in [0.05, 0.1) is 26.7 Å². The maximum absolute atomic E-state index is 5.38. The van der Waals surface area contributed by atoms with Crippen molar-refractivity contribution in [3.8, 4) is 11.5 Å². The third-order valence-corrected chi connectivity index (χ3v) is 3.41. The van der Waals surface area contributed by atoms with Crippen LogP contribution in [-0.4, -0.2) is 14.2 Å². The second kappa shape index (κ2) is 9.36. The molecule has 0 unspecified atom stereocenters. The van der Waals surface area contributed by atoms with E-state index in [2.05, 4.69) is 0 Å². The fourth-order valence-electron chi connectivity index (χ4n) is 2.25. The monoisotopic (exact) mass is 310 g/mol. The molecule has 120 valence electrons. The molecule has 0 N–H and O–H groups in total. The molecule has 0 bridgehead atoms. The van der Waals surface area contributed by atoms with Gasteiger partial charge < -0.3 is 14.2 Å². The van der Waals surface area contributed by atoms with Gasteiger partial charge in [0, 0.05) is 0 Å². The van der Waals surface area contributed by atoms with Crippen molar-refractivity contribution in [1.29, 1.82) is 0 Å². The maximum atomic E-state index is 5.38. The molecular formula is C20H22O3. The number of benzene rings is 2. The van der Waals surface area contributed by atoms with E-state index >= 15 is 0 Å². The van der Waals surface area contributed by atoms with Crippen molar-refractivity contribution < 1.29 is 14.2 Å². The van der Waals surface area contributed by atoms with Crippen LogP contribution in [0.25, 0.3) is 0 Å². The van der Waals surface area contributed by atoms with E-state index in [0.29, 0.717) is 0 Å². The van der Waals surface area contributed by atoms with Crippen LogP contribution >= 0.6 is 0 Å². The van der Waals surface area contributed by atoms with Crippen molar-refractivity contribution in [2.45, 2.75) is 12.8 Å². The Morgan fingerprint density at radius 1 is 0.696 bits per heavy atom. The van der Waals surface area contributed by atoms with Crippen LogP contribution in [0.5, 0.6) is 11.5 Å². The summed E-state index contributed by atoms with van der Waals surface area (Å²) in [7, 11) is 3.36. The predicted molar refractivity (Wildman–Crippen MR) is 92.8 cm³/mol. The Balaban J connectivity index is 1.78. The number of hydrogen-bond acceptors (Lipinski definition) is 3. The lowest BCUT2D eigenvalue weighted by molar-refractivity contribution is 0.397. The molecule has 0 aliphatic carbocycles. The highest BCUT2D eigenvalue weighted by atomic mass is 16.5. The van der Waals surface area contributed by atoms with Crippen molar-refractivity contribution in [2.24, 2.45) is 0 Å². The molecule has 3 nitrogen and oxygen atoms in total. The highest BCUT2D eigenvalue weighted by Gasteiger charge is 1.99. The molecule has 0 aliphatic rings. The van der Waals surface area contributed by atoms with Crippen LogP contribution < -0.4 is 9.47 Å². The zero-order chi connectivity index (χ0) is 16.3. The molecule has 3 heteroatoms. The molecule has 0 atom stereocenters. The van der Waals surface area contributed by atoms with E-state index in [1.807, 2.05) is 60.7 Å². The minimum atomic E-state index is 0.768. The summed E-state index contributed by atoms with van der Waals surface area (Å²) in [6, 6.07) is 15.9. The van der Waals surface area contributed by atoms with E-state index in [4.69, 9.17) is 14.2 Å². The van der Waals surface area contributed by atoms with Crippen molar-refractivity contribution >= 4 is 0 Å². The number of hydrogen-bond donors (Lipinski definition) is 0. The third-order valence-electron chi connectivity index (χ3n) is 3.41. The number of allylic oxidation sites excluding steroid dienone is 2. The molecule has 2 aromatic rings. The van der Waals surface area contributed by atoms with Crippen molar-refractivity contribution in [3.05, 3.63) is 84.3 Å². The Hall–Kier alpha value is -2.68. The van der Waals surface area contributed by atoms with E-state index in [0.717, 1.165) is 35.5 Å². The molecule has 0 saturated carbocycles. The van der Waals surface area contributed by atoms with Gasteiger partial charge in [0.2, 0.25) is 0 Å². The van der Waals surface area contributed by atoms with Crippen LogP contribution in [0.15, 0.2) is 73.2 Å². The summed E-state index contributed by atoms with van der Waals surface area (Å²) in [6.07, 6.45) is 8.83. The maximum Gasteiger partial charge on any atom is 0.122 e. The van der Waals surface area contributed by atoms with Gasteiger partial charge >= 0.3 is 0 Å². The summed E-state index contributed by atoms with van der Waals surface area (Å²) in [5, 5.41) is 0. The van der Waals surface area contributed by atoms with Gasteiger partial charge in [-0.05, 0) is 48.3 Å². The number of methoxy groups -OCH3 is 2. The predicted octanol–water partition coefficient (Wildman–Crippen LogP) is 4.53. The number of para-hydroxylation sites is 2. The molecule has 0 fully saturated rings. The largest absolute Gasteiger partial charge is 0.496 e. The zero-order valence-corrected chi connectivity index (χ0v) is 13.6. The van der Waals surface area contributed by atoms with E-state index in [1.165, 1.54) is 0 Å². The van der Waals surface area contributed by atoms with E-state index in [-0.39, 0.29) is 0 Å². The van der Waals surface area contributed by atoms with Gasteiger partial charge in [-0.2, -0.15) is 0 Å². The first kappa shape index (κ1) is 16.7. The average molecular weight is 310 g/mol. The zero-order valence-electron chi connectivity index (χ0n) is 13.6. The molecule has 2 aromatic carbocycles. The molecule has 0 saturated heterocycles. The second-order valence-corrected chi connectivity index (χ2v) is 4.91. The Labute approximate surface area is 137 Å². The SMILES string of the molecule is COc1ccccc1CC=COC=CCc1ccccc1OC. The molecule has 0 heterocycles. The second-order valence-electron chi connectivity index (χ2n) is 4.91. The van der Waals surface area contributed by atoms with E-state index in [9.17, 15) is 0 Å². The fraction of sp³-hybridized carbons (Fsp3) is 0.200. The van der Waals surface area contributed by atoms with Crippen LogP contribution in [0.3, 0.4) is 0 Å². The standard InChI is InChI=1S/C20H22O3/c1-21-19-13-5-3-9-17(19)11-7-15-23-16-8-12-18-10-4-6-14-20(18)22-2/h3-10,13-16H,11-12H2,1-2H3. The lowest BCUT2D eigenvalue weighted by atomic mass is 10.1. The first-order valence-electron chi connectivity index (χ1n) is 7.54. The van der Waals surface area contributed by atoms with Gasteiger partial charge in [-0.1, -0.05) is 36.4 Å². The highest BCUT2D eigenvalue weighted by molar-refractivity contribution is 5.35. The lowest BCUT2D eigenvalue weighted by Gasteiger charge is -2.05. The van der Waals surface area contributed by atoms with Gasteiger partial charge in [0.15, 0.2) is 0 Å². The van der Waals surface area contributed by atoms with Crippen LogP contribution in [0.1, 0.15) is 11.1 Å². The van der Waals surface area contributed by atoms with Crippen molar-refractivity contribution in [2.75, 3.05) is 14.2 Å². The Morgan fingerprint density at radius 2 is 1.13 bits per heavy atom. The van der Waals surface area contributed by atoms with Gasteiger partial charge in [-0.15, -0.1) is 0 Å². The summed E-state index contributed by atoms with van der Waals surface area (Å²) in [4.78, 5) is 0. The van der Waals surface area contributed by atoms with E-state index in [1.54, 1.807) is 26.7 Å². The minimum Gasteiger partial charge on any atom is -0.496 e. The van der Waals surface area contributed by atoms with Crippen molar-refractivity contribution in [3.63, 3.8) is 0 Å². The summed E-state index contributed by atoms with van der Waals surface area (Å²) < 4.78 is 16.0. The molecule has 2 rings (SSSR count). The topological polar surface area (TPSA) is 27.7 Å². The first-order valence-corrected chi connectivity index (χ1v) is 7.54. The molecule has 0 amide bonds. The number of rotatable bonds is 8. The van der Waals surface area contributed by atoms with Gasteiger partial charge in [0.1, 0.15) is 11.5 Å². The van der Waals surface area contributed by atoms with Crippen molar-refractivity contribution in [1.82, 2.24) is 0 Å². The Kier molecular flexibility index (Phi) is 6.79. The Bertz CT molecular complexity index is 602. The molecule has 0 spiro atoms. The Morgan fingerprint density at radius 3 is 1.57 bits per heavy atom. The molecule has 23 heavy (non-hydrogen) atoms. The third kappa shape index (κ3) is 5.22. The fourth-order valence-corrected chi connectivity index (χ4v) is 2.25. The molecule has 0 aromatic heterocycles. The van der Waals surface area contributed by atoms with Gasteiger partial charge in [0.25, 0.3) is 0 Å². The molecule has 0 aliphatic heterocycles. The summed E-state index contributed by atoms with van der Waals surface area (Å²) in [5.41, 5.74) is 2.26. The first-order chi connectivity index (χ1) is 11.3. The summed E-state index contributed by atoms with van der Waals surface area (Å²) >= 11 is 0. The molecular weight excluding hydrogens is 288 g/mol. The van der Waals surface area contributed by atoms with Crippen LogP contribution in [0, 0.1) is 0 Å². The summed E-state index contributed by atoms with van der Waals surface area (Å²) in [6.45, 7) is 0. The van der Waals surface area contributed by atoms with Crippen LogP contribution in [-0.2, 0) is 17.6 Å². The normalized spacial score (nSPS) is 11.0. The van der Waals surface area contributed by atoms with E-state index < -0.39 is 0 Å². The van der Waals surface area contributed by atoms with Crippen LogP contribution in [0.4, 0.5) is 0 Å². The van der Waals surface area contributed by atoms with Gasteiger partial charge in [-0.25, -0.2) is 0 Å². The van der Waals surface area contributed by atoms with Gasteiger partial charge in [-0.3, -0.25) is 0 Å². The molecule has 0 radical (unpaired) electrons. The minimum absolute atomic E-state index is 0.768. The smallest absolute Gasteiger partial charge is 0.122 e. The number of ether oxygens (including phenoxy) is 3. The lowest BCUT2D eigenvalue weighted by Crippen LogP contribution is -1.90. The summed E-state index contributed by atoms with van der Waals surface area (Å²) in [5.74, 6) is 1.78. The van der Waals surface area contributed by atoms with Crippen LogP contribution in [0.2, 0.25) is 0 Å². The average Bonchev–Trinajstić information content (AvgIpc) is 2.61. The highest BCUT2D eigenvalue weighted by Crippen LogP contribution is 2.18.